The van der Waals surface area contributed by atoms with Crippen molar-refractivity contribution in [2.24, 2.45) is 0 Å². The van der Waals surface area contributed by atoms with Crippen LogP contribution in [0.15, 0.2) is 53.0 Å². The highest BCUT2D eigenvalue weighted by Crippen LogP contribution is 2.19. The standard InChI is InChI=1S/C23H28BrFN2O2S/c1-16(22(29)26-23(2,3)4)27(13-17-8-7-10-19(24)12-17)21(28)15-30-14-18-9-5-6-11-20(18)25/h5-12,16H,13-15H2,1-4H3,(H,26,29)/t16-/m0/s1. The maximum atomic E-state index is 13.8. The number of rotatable bonds is 8. The average Bonchev–Trinajstić information content (AvgIpc) is 2.65. The van der Waals surface area contributed by atoms with Gasteiger partial charge in [-0.1, -0.05) is 46.3 Å². The van der Waals surface area contributed by atoms with Gasteiger partial charge in [0.25, 0.3) is 0 Å². The van der Waals surface area contributed by atoms with Crippen LogP contribution in [0.25, 0.3) is 0 Å². The van der Waals surface area contributed by atoms with E-state index in [4.69, 9.17) is 0 Å². The average molecular weight is 495 g/mol. The highest BCUT2D eigenvalue weighted by atomic mass is 79.9. The predicted molar refractivity (Wildman–Crippen MR) is 125 cm³/mol. The predicted octanol–water partition coefficient (Wildman–Crippen LogP) is 5.15. The van der Waals surface area contributed by atoms with Gasteiger partial charge in [-0.15, -0.1) is 11.8 Å². The molecule has 0 aliphatic rings. The van der Waals surface area contributed by atoms with Gasteiger partial charge in [0, 0.05) is 22.3 Å². The maximum Gasteiger partial charge on any atom is 0.242 e. The summed E-state index contributed by atoms with van der Waals surface area (Å²) in [5.74, 6) is -0.0829. The van der Waals surface area contributed by atoms with Crippen LogP contribution in [0.2, 0.25) is 0 Å². The lowest BCUT2D eigenvalue weighted by molar-refractivity contribution is -0.139. The lowest BCUT2D eigenvalue weighted by Gasteiger charge is -2.31. The molecular formula is C23H28BrFN2O2S. The molecule has 30 heavy (non-hydrogen) atoms. The van der Waals surface area contributed by atoms with Gasteiger partial charge >= 0.3 is 0 Å². The third-order valence-electron chi connectivity index (χ3n) is 4.35. The van der Waals surface area contributed by atoms with Gasteiger partial charge in [-0.25, -0.2) is 4.39 Å². The van der Waals surface area contributed by atoms with Gasteiger partial charge in [0.2, 0.25) is 11.8 Å². The first kappa shape index (κ1) is 24.4. The molecule has 2 aromatic rings. The molecule has 0 bridgehead atoms. The zero-order chi connectivity index (χ0) is 22.3. The second-order valence-electron chi connectivity index (χ2n) is 8.15. The van der Waals surface area contributed by atoms with Crippen molar-refractivity contribution in [2.75, 3.05) is 5.75 Å². The number of hydrogen-bond acceptors (Lipinski definition) is 3. The number of carbonyl (C=O) groups excluding carboxylic acids is 2. The van der Waals surface area contributed by atoms with E-state index < -0.39 is 11.6 Å². The quantitative estimate of drug-likeness (QED) is 0.551. The zero-order valence-electron chi connectivity index (χ0n) is 17.7. The van der Waals surface area contributed by atoms with Gasteiger partial charge in [0.1, 0.15) is 11.9 Å². The van der Waals surface area contributed by atoms with Crippen LogP contribution in [-0.4, -0.2) is 34.0 Å². The first-order valence-electron chi connectivity index (χ1n) is 9.74. The summed E-state index contributed by atoms with van der Waals surface area (Å²) in [5.41, 5.74) is 1.09. The molecule has 2 aromatic carbocycles. The second kappa shape index (κ2) is 11.0. The van der Waals surface area contributed by atoms with Gasteiger partial charge in [-0.2, -0.15) is 0 Å². The Morgan fingerprint density at radius 2 is 1.87 bits per heavy atom. The lowest BCUT2D eigenvalue weighted by Crippen LogP contribution is -2.52. The van der Waals surface area contributed by atoms with Crippen LogP contribution in [0.4, 0.5) is 4.39 Å². The van der Waals surface area contributed by atoms with Gasteiger partial charge in [-0.3, -0.25) is 9.59 Å². The summed E-state index contributed by atoms with van der Waals surface area (Å²) in [6.45, 7) is 7.77. The van der Waals surface area contributed by atoms with Crippen molar-refractivity contribution in [3.05, 3.63) is 69.9 Å². The Morgan fingerprint density at radius 3 is 2.50 bits per heavy atom. The van der Waals surface area contributed by atoms with E-state index in [1.165, 1.54) is 17.8 Å². The molecular weight excluding hydrogens is 467 g/mol. The molecule has 0 unspecified atom stereocenters. The maximum absolute atomic E-state index is 13.8. The van der Waals surface area contributed by atoms with E-state index in [9.17, 15) is 14.0 Å². The number of benzene rings is 2. The van der Waals surface area contributed by atoms with Crippen molar-refractivity contribution in [2.45, 2.75) is 51.6 Å². The van der Waals surface area contributed by atoms with Crippen LogP contribution >= 0.6 is 27.7 Å². The van der Waals surface area contributed by atoms with E-state index in [-0.39, 0.29) is 23.4 Å². The molecule has 162 valence electrons. The Balaban J connectivity index is 2.11. The Kier molecular flexibility index (Phi) is 8.92. The van der Waals surface area contributed by atoms with E-state index in [0.29, 0.717) is 17.9 Å². The van der Waals surface area contributed by atoms with E-state index in [0.717, 1.165) is 10.0 Å². The minimum atomic E-state index is -0.634. The highest BCUT2D eigenvalue weighted by Gasteiger charge is 2.28. The summed E-state index contributed by atoms with van der Waals surface area (Å²) in [4.78, 5) is 27.4. The summed E-state index contributed by atoms with van der Waals surface area (Å²) in [7, 11) is 0. The molecule has 0 fully saturated rings. The van der Waals surface area contributed by atoms with Crippen LogP contribution in [-0.2, 0) is 21.9 Å². The molecule has 0 aliphatic heterocycles. The van der Waals surface area contributed by atoms with Crippen molar-refractivity contribution >= 4 is 39.5 Å². The summed E-state index contributed by atoms with van der Waals surface area (Å²) in [6, 6.07) is 13.6. The van der Waals surface area contributed by atoms with Gasteiger partial charge in [0.15, 0.2) is 0 Å². The van der Waals surface area contributed by atoms with Crippen molar-refractivity contribution in [1.82, 2.24) is 10.2 Å². The van der Waals surface area contributed by atoms with E-state index in [1.54, 1.807) is 30.0 Å². The Labute approximate surface area is 190 Å². The van der Waals surface area contributed by atoms with Crippen LogP contribution in [0, 0.1) is 5.82 Å². The summed E-state index contributed by atoms with van der Waals surface area (Å²) >= 11 is 4.79. The number of nitrogens with zero attached hydrogens (tertiary/aromatic N) is 1. The Morgan fingerprint density at radius 1 is 1.17 bits per heavy atom. The zero-order valence-corrected chi connectivity index (χ0v) is 20.1. The number of halogens is 2. The minimum Gasteiger partial charge on any atom is -0.350 e. The van der Waals surface area contributed by atoms with Crippen LogP contribution < -0.4 is 5.32 Å². The molecule has 0 aliphatic carbocycles. The van der Waals surface area contributed by atoms with Gasteiger partial charge < -0.3 is 10.2 Å². The Bertz CT molecular complexity index is 886. The van der Waals surface area contributed by atoms with Gasteiger partial charge in [0.05, 0.1) is 5.75 Å². The molecule has 2 amide bonds. The smallest absolute Gasteiger partial charge is 0.242 e. The van der Waals surface area contributed by atoms with Crippen molar-refractivity contribution in [1.29, 1.82) is 0 Å². The minimum absolute atomic E-state index is 0.159. The highest BCUT2D eigenvalue weighted by molar-refractivity contribution is 9.10. The summed E-state index contributed by atoms with van der Waals surface area (Å²) in [5, 5.41) is 2.94. The first-order chi connectivity index (χ1) is 14.1. The third kappa shape index (κ3) is 7.76. The fourth-order valence-electron chi connectivity index (χ4n) is 2.84. The molecule has 0 spiro atoms. The number of amides is 2. The lowest BCUT2D eigenvalue weighted by atomic mass is 10.1. The molecule has 1 atom stereocenters. The molecule has 1 N–H and O–H groups in total. The topological polar surface area (TPSA) is 49.4 Å². The fourth-order valence-corrected chi connectivity index (χ4v) is 4.18. The monoisotopic (exact) mass is 494 g/mol. The fraction of sp³-hybridized carbons (Fsp3) is 0.391. The number of thioether (sulfide) groups is 1. The van der Waals surface area contributed by atoms with Crippen LogP contribution in [0.5, 0.6) is 0 Å². The van der Waals surface area contributed by atoms with Crippen molar-refractivity contribution in [3.8, 4) is 0 Å². The van der Waals surface area contributed by atoms with Crippen molar-refractivity contribution in [3.63, 3.8) is 0 Å². The van der Waals surface area contributed by atoms with E-state index in [1.807, 2.05) is 45.0 Å². The first-order valence-corrected chi connectivity index (χ1v) is 11.7. The molecule has 0 radical (unpaired) electrons. The number of nitrogens with one attached hydrogen (secondary N) is 1. The normalized spacial score (nSPS) is 12.3. The number of hydrogen-bond donors (Lipinski definition) is 1. The molecule has 7 heteroatoms. The van der Waals surface area contributed by atoms with E-state index >= 15 is 0 Å². The number of carbonyl (C=O) groups is 2. The third-order valence-corrected chi connectivity index (χ3v) is 5.81. The molecule has 2 rings (SSSR count). The molecule has 0 saturated heterocycles. The van der Waals surface area contributed by atoms with Gasteiger partial charge in [-0.05, 0) is 57.0 Å². The molecule has 4 nitrogen and oxygen atoms in total. The summed E-state index contributed by atoms with van der Waals surface area (Å²) in [6.07, 6.45) is 0. The SMILES string of the molecule is C[C@@H](C(=O)NC(C)(C)C)N(Cc1cccc(Br)c1)C(=O)CSCc1ccccc1F. The molecule has 0 saturated carbocycles. The van der Waals surface area contributed by atoms with Crippen LogP contribution in [0.1, 0.15) is 38.8 Å². The molecule has 0 heterocycles. The summed E-state index contributed by atoms with van der Waals surface area (Å²) < 4.78 is 14.7. The van der Waals surface area contributed by atoms with Crippen molar-refractivity contribution < 1.29 is 14.0 Å². The Hall–Kier alpha value is -1.86. The second-order valence-corrected chi connectivity index (χ2v) is 10.1. The van der Waals surface area contributed by atoms with Crippen LogP contribution in [0.3, 0.4) is 0 Å². The molecule has 0 aromatic heterocycles. The largest absolute Gasteiger partial charge is 0.350 e. The van der Waals surface area contributed by atoms with E-state index in [2.05, 4.69) is 21.2 Å².